The number of hydrogen-bond acceptors (Lipinski definition) is 3. The van der Waals surface area contributed by atoms with Gasteiger partial charge in [-0.2, -0.15) is 0 Å². The van der Waals surface area contributed by atoms with Gasteiger partial charge in [0, 0.05) is 16.3 Å². The van der Waals surface area contributed by atoms with Crippen molar-refractivity contribution >= 4 is 28.6 Å². The highest BCUT2D eigenvalue weighted by Gasteiger charge is 2.29. The van der Waals surface area contributed by atoms with Gasteiger partial charge in [0.1, 0.15) is 5.03 Å². The quantitative estimate of drug-likeness (QED) is 0.469. The van der Waals surface area contributed by atoms with Gasteiger partial charge in [-0.05, 0) is 54.0 Å². The van der Waals surface area contributed by atoms with Crippen LogP contribution >= 0.6 is 11.8 Å². The molecular weight excluding hydrogens is 400 g/mol. The molecule has 1 heterocycles. The Labute approximate surface area is 190 Å². The van der Waals surface area contributed by atoms with Crippen LogP contribution in [-0.2, 0) is 0 Å². The van der Waals surface area contributed by atoms with Crippen LogP contribution in [-0.4, -0.2) is 16.9 Å². The van der Waals surface area contributed by atoms with E-state index in [2.05, 4.69) is 57.3 Å². The van der Waals surface area contributed by atoms with Gasteiger partial charge in [-0.15, -0.1) is 0 Å². The lowest BCUT2D eigenvalue weighted by Gasteiger charge is -2.34. The monoisotopic (exact) mass is 432 g/mol. The summed E-state index contributed by atoms with van der Waals surface area (Å²) in [5, 5.41) is 5.11. The molecule has 162 valence electrons. The SMILES string of the molecule is CC(C)c1ccc(Sc2cc(C(=O)N[C@@H]3CCC[C@H](C)[C@H]3C)c3ccccc3n2)cc1. The summed E-state index contributed by atoms with van der Waals surface area (Å²) in [5.74, 6) is 1.67. The van der Waals surface area contributed by atoms with Gasteiger partial charge in [0.15, 0.2) is 0 Å². The van der Waals surface area contributed by atoms with E-state index in [0.29, 0.717) is 17.8 Å². The Bertz CT molecular complexity index is 1060. The summed E-state index contributed by atoms with van der Waals surface area (Å²) in [4.78, 5) is 19.3. The topological polar surface area (TPSA) is 42.0 Å². The van der Waals surface area contributed by atoms with E-state index in [1.54, 1.807) is 11.8 Å². The molecule has 1 aliphatic carbocycles. The predicted octanol–water partition coefficient (Wildman–Crippen LogP) is 7.06. The second kappa shape index (κ2) is 9.44. The minimum Gasteiger partial charge on any atom is -0.349 e. The Morgan fingerprint density at radius 3 is 2.55 bits per heavy atom. The molecule has 0 unspecified atom stereocenters. The first kappa shape index (κ1) is 21.9. The Morgan fingerprint density at radius 2 is 1.81 bits per heavy atom. The molecule has 0 spiro atoms. The van der Waals surface area contributed by atoms with Crippen LogP contribution in [0.2, 0.25) is 0 Å². The van der Waals surface area contributed by atoms with Crippen molar-refractivity contribution in [2.24, 2.45) is 11.8 Å². The number of pyridine rings is 1. The summed E-state index contributed by atoms with van der Waals surface area (Å²) in [6.07, 6.45) is 3.49. The fraction of sp³-hybridized carbons (Fsp3) is 0.407. The maximum atomic E-state index is 13.4. The van der Waals surface area contributed by atoms with Gasteiger partial charge in [-0.1, -0.05) is 82.6 Å². The second-order valence-electron chi connectivity index (χ2n) is 9.20. The highest BCUT2D eigenvalue weighted by molar-refractivity contribution is 7.99. The fourth-order valence-electron chi connectivity index (χ4n) is 4.46. The molecule has 0 radical (unpaired) electrons. The van der Waals surface area contributed by atoms with Gasteiger partial charge in [0.2, 0.25) is 0 Å². The van der Waals surface area contributed by atoms with E-state index in [0.717, 1.165) is 32.8 Å². The van der Waals surface area contributed by atoms with Crippen molar-refractivity contribution in [1.82, 2.24) is 10.3 Å². The van der Waals surface area contributed by atoms with Crippen LogP contribution in [0.15, 0.2) is 64.5 Å². The maximum Gasteiger partial charge on any atom is 0.252 e. The second-order valence-corrected chi connectivity index (χ2v) is 10.3. The number of amides is 1. The van der Waals surface area contributed by atoms with E-state index in [1.807, 2.05) is 30.3 Å². The van der Waals surface area contributed by atoms with Crippen molar-refractivity contribution < 1.29 is 4.79 Å². The molecule has 0 saturated heterocycles. The van der Waals surface area contributed by atoms with Crippen LogP contribution in [0.4, 0.5) is 0 Å². The van der Waals surface area contributed by atoms with Crippen molar-refractivity contribution in [3.05, 3.63) is 65.7 Å². The first-order valence-electron chi connectivity index (χ1n) is 11.4. The Morgan fingerprint density at radius 1 is 1.06 bits per heavy atom. The lowest BCUT2D eigenvalue weighted by atomic mass is 9.78. The molecule has 3 nitrogen and oxygen atoms in total. The van der Waals surface area contributed by atoms with E-state index >= 15 is 0 Å². The highest BCUT2D eigenvalue weighted by Crippen LogP contribution is 2.32. The maximum absolute atomic E-state index is 13.4. The van der Waals surface area contributed by atoms with E-state index in [1.165, 1.54) is 18.4 Å². The lowest BCUT2D eigenvalue weighted by Crippen LogP contribution is -2.43. The standard InChI is InChI=1S/C27H32N2OS/c1-17(2)20-12-14-21(15-13-20)31-26-16-23(22-9-5-6-10-25(22)28-26)27(30)29-24-11-7-8-18(3)19(24)4/h5-6,9-10,12-19,24H,7-8,11H2,1-4H3,(H,29,30)/t18-,19+,24+/m0/s1. The number of carbonyl (C=O) groups is 1. The first-order valence-corrected chi connectivity index (χ1v) is 12.2. The zero-order valence-electron chi connectivity index (χ0n) is 18.9. The average Bonchev–Trinajstić information content (AvgIpc) is 2.76. The summed E-state index contributed by atoms with van der Waals surface area (Å²) in [6, 6.07) is 18.8. The minimum absolute atomic E-state index is 0.0153. The van der Waals surface area contributed by atoms with E-state index in [-0.39, 0.29) is 11.9 Å². The first-order chi connectivity index (χ1) is 14.9. The number of fused-ring (bicyclic) bond motifs is 1. The number of hydrogen-bond donors (Lipinski definition) is 1. The number of nitrogens with one attached hydrogen (secondary N) is 1. The Hall–Kier alpha value is -2.33. The third-order valence-corrected chi connectivity index (χ3v) is 7.66. The summed E-state index contributed by atoms with van der Waals surface area (Å²) >= 11 is 1.61. The van der Waals surface area contributed by atoms with Crippen LogP contribution in [0.3, 0.4) is 0 Å². The molecule has 4 heteroatoms. The van der Waals surface area contributed by atoms with Gasteiger partial charge in [-0.3, -0.25) is 4.79 Å². The third kappa shape index (κ3) is 4.95. The molecule has 1 amide bonds. The van der Waals surface area contributed by atoms with E-state index in [9.17, 15) is 4.79 Å². The smallest absolute Gasteiger partial charge is 0.252 e. The molecule has 1 fully saturated rings. The molecule has 0 bridgehead atoms. The largest absolute Gasteiger partial charge is 0.349 e. The van der Waals surface area contributed by atoms with Crippen molar-refractivity contribution in [2.75, 3.05) is 0 Å². The molecule has 1 saturated carbocycles. The zero-order chi connectivity index (χ0) is 22.0. The highest BCUT2D eigenvalue weighted by atomic mass is 32.2. The van der Waals surface area contributed by atoms with Gasteiger partial charge < -0.3 is 5.32 Å². The number of rotatable bonds is 5. The van der Waals surface area contributed by atoms with Gasteiger partial charge in [0.05, 0.1) is 11.1 Å². The van der Waals surface area contributed by atoms with Gasteiger partial charge in [0.25, 0.3) is 5.91 Å². The Balaban J connectivity index is 1.62. The van der Waals surface area contributed by atoms with Crippen molar-refractivity contribution in [2.45, 2.75) is 68.8 Å². The van der Waals surface area contributed by atoms with Gasteiger partial charge in [-0.25, -0.2) is 4.98 Å². The van der Waals surface area contributed by atoms with Crippen molar-refractivity contribution in [3.63, 3.8) is 0 Å². The molecule has 3 aromatic rings. The van der Waals surface area contributed by atoms with Crippen molar-refractivity contribution in [3.8, 4) is 0 Å². The molecule has 1 aliphatic rings. The summed E-state index contributed by atoms with van der Waals surface area (Å²) in [7, 11) is 0. The van der Waals surface area contributed by atoms with Crippen LogP contribution in [0.5, 0.6) is 0 Å². The Kier molecular flexibility index (Phi) is 6.66. The number of carbonyl (C=O) groups excluding carboxylic acids is 1. The minimum atomic E-state index is 0.0153. The van der Waals surface area contributed by atoms with E-state index in [4.69, 9.17) is 4.98 Å². The molecule has 1 N–H and O–H groups in total. The third-order valence-electron chi connectivity index (χ3n) is 6.73. The average molecular weight is 433 g/mol. The molecule has 2 aromatic carbocycles. The van der Waals surface area contributed by atoms with Crippen molar-refractivity contribution in [1.29, 1.82) is 0 Å². The number of nitrogens with zero attached hydrogens (tertiary/aromatic N) is 1. The normalized spacial score (nSPS) is 21.4. The van der Waals surface area contributed by atoms with Gasteiger partial charge >= 0.3 is 0 Å². The lowest BCUT2D eigenvalue weighted by molar-refractivity contribution is 0.0892. The predicted molar refractivity (Wildman–Crippen MR) is 130 cm³/mol. The van der Waals surface area contributed by atoms with Crippen LogP contribution in [0, 0.1) is 11.8 Å². The fourth-order valence-corrected chi connectivity index (χ4v) is 5.30. The zero-order valence-corrected chi connectivity index (χ0v) is 19.7. The van der Waals surface area contributed by atoms with Crippen LogP contribution < -0.4 is 5.32 Å². The number of aromatic nitrogens is 1. The summed E-state index contributed by atoms with van der Waals surface area (Å²) in [6.45, 7) is 8.96. The van der Waals surface area contributed by atoms with Crippen LogP contribution in [0.1, 0.15) is 68.8 Å². The molecule has 0 aliphatic heterocycles. The summed E-state index contributed by atoms with van der Waals surface area (Å²) in [5.41, 5.74) is 2.91. The molecule has 1 aromatic heterocycles. The number of benzene rings is 2. The molecule has 4 rings (SSSR count). The van der Waals surface area contributed by atoms with Crippen LogP contribution in [0.25, 0.3) is 10.9 Å². The van der Waals surface area contributed by atoms with E-state index < -0.39 is 0 Å². The number of para-hydroxylation sites is 1. The molecule has 3 atom stereocenters. The molecular formula is C27H32N2OS. The molecule has 31 heavy (non-hydrogen) atoms. The summed E-state index contributed by atoms with van der Waals surface area (Å²) < 4.78 is 0.